The lowest BCUT2D eigenvalue weighted by molar-refractivity contribution is 0.158. The van der Waals surface area contributed by atoms with Gasteiger partial charge in [0.15, 0.2) is 0 Å². The monoisotopic (exact) mass is 423 g/mol. The maximum absolute atomic E-state index is 13.3. The summed E-state index contributed by atoms with van der Waals surface area (Å²) >= 11 is 0. The van der Waals surface area contributed by atoms with E-state index in [9.17, 15) is 9.18 Å². The maximum Gasteiger partial charge on any atom is 0.324 e. The Morgan fingerprint density at radius 2 is 1.74 bits per heavy atom. The van der Waals surface area contributed by atoms with Crippen molar-refractivity contribution in [2.75, 3.05) is 44.7 Å². The van der Waals surface area contributed by atoms with Gasteiger partial charge in [-0.1, -0.05) is 12.1 Å². The van der Waals surface area contributed by atoms with Crippen LogP contribution in [0.1, 0.15) is 36.8 Å². The number of ether oxygens (including phenoxy) is 1. The fourth-order valence-corrected chi connectivity index (χ4v) is 5.44. The molecule has 0 atom stereocenters. The summed E-state index contributed by atoms with van der Waals surface area (Å²) in [6.45, 7) is 5.21. The number of hydrogen-bond donors (Lipinski definition) is 0. The van der Waals surface area contributed by atoms with E-state index in [1.807, 2.05) is 28.0 Å². The molecule has 3 aliphatic heterocycles. The predicted molar refractivity (Wildman–Crippen MR) is 119 cm³/mol. The Hall–Kier alpha value is -2.60. The van der Waals surface area contributed by atoms with Gasteiger partial charge in [-0.05, 0) is 80.2 Å². The Kier molecular flexibility index (Phi) is 5.34. The second-order valence-electron chi connectivity index (χ2n) is 9.13. The van der Waals surface area contributed by atoms with Crippen molar-refractivity contribution in [1.29, 1.82) is 0 Å². The standard InChI is InChI=1S/C25H30FN3O2/c1-31-21-8-9-23-22(16-21)25(18-29(23)24(30)28-12-2-3-13-28)10-14-27(15-11-25)17-19-4-6-20(26)7-5-19/h4-9,16H,2-3,10-15,17-18H2,1H3. The minimum atomic E-state index is -0.194. The van der Waals surface area contributed by atoms with Gasteiger partial charge in [-0.15, -0.1) is 0 Å². The first-order valence-corrected chi connectivity index (χ1v) is 11.3. The summed E-state index contributed by atoms with van der Waals surface area (Å²) < 4.78 is 18.7. The Morgan fingerprint density at radius 3 is 2.42 bits per heavy atom. The van der Waals surface area contributed by atoms with E-state index in [2.05, 4.69) is 17.0 Å². The van der Waals surface area contributed by atoms with Gasteiger partial charge in [0.25, 0.3) is 0 Å². The van der Waals surface area contributed by atoms with E-state index in [4.69, 9.17) is 4.74 Å². The third-order valence-electron chi connectivity index (χ3n) is 7.27. The molecule has 3 heterocycles. The molecule has 0 N–H and O–H groups in total. The van der Waals surface area contributed by atoms with Crippen LogP contribution in [-0.4, -0.2) is 55.7 Å². The van der Waals surface area contributed by atoms with Crippen LogP contribution in [0.5, 0.6) is 5.75 Å². The highest BCUT2D eigenvalue weighted by atomic mass is 19.1. The molecule has 0 aromatic heterocycles. The molecule has 2 aromatic rings. The first kappa shape index (κ1) is 20.3. The Labute approximate surface area is 183 Å². The molecule has 164 valence electrons. The van der Waals surface area contributed by atoms with Gasteiger partial charge in [0.1, 0.15) is 11.6 Å². The highest BCUT2D eigenvalue weighted by Gasteiger charge is 2.47. The van der Waals surface area contributed by atoms with Crippen molar-refractivity contribution in [3.63, 3.8) is 0 Å². The quantitative estimate of drug-likeness (QED) is 0.734. The van der Waals surface area contributed by atoms with Crippen molar-refractivity contribution in [2.45, 2.75) is 37.6 Å². The zero-order valence-electron chi connectivity index (χ0n) is 18.1. The molecule has 6 heteroatoms. The number of likely N-dealkylation sites (tertiary alicyclic amines) is 2. The summed E-state index contributed by atoms with van der Waals surface area (Å²) in [5, 5.41) is 0. The van der Waals surface area contributed by atoms with Gasteiger partial charge in [0.2, 0.25) is 0 Å². The van der Waals surface area contributed by atoms with Crippen molar-refractivity contribution in [2.24, 2.45) is 0 Å². The van der Waals surface area contributed by atoms with Crippen LogP contribution in [0.2, 0.25) is 0 Å². The molecule has 1 spiro atoms. The number of hydrogen-bond acceptors (Lipinski definition) is 3. The number of anilines is 1. The lowest BCUT2D eigenvalue weighted by Gasteiger charge is -2.40. The van der Waals surface area contributed by atoms with E-state index >= 15 is 0 Å². The van der Waals surface area contributed by atoms with Gasteiger partial charge >= 0.3 is 6.03 Å². The van der Waals surface area contributed by atoms with E-state index in [0.29, 0.717) is 0 Å². The number of amides is 2. The molecule has 5 nitrogen and oxygen atoms in total. The number of benzene rings is 2. The van der Waals surface area contributed by atoms with Gasteiger partial charge in [0.05, 0.1) is 7.11 Å². The molecule has 2 aromatic carbocycles. The van der Waals surface area contributed by atoms with E-state index in [1.54, 1.807) is 7.11 Å². The molecule has 0 aliphatic carbocycles. The zero-order valence-corrected chi connectivity index (χ0v) is 18.1. The third-order valence-corrected chi connectivity index (χ3v) is 7.27. The normalized spacial score (nSPS) is 20.3. The average Bonchev–Trinajstić information content (AvgIpc) is 3.44. The zero-order chi connectivity index (χ0) is 21.4. The summed E-state index contributed by atoms with van der Waals surface area (Å²) in [6.07, 6.45) is 4.19. The topological polar surface area (TPSA) is 36.0 Å². The largest absolute Gasteiger partial charge is 0.497 e. The molecular formula is C25H30FN3O2. The molecule has 3 aliphatic rings. The van der Waals surface area contributed by atoms with Gasteiger partial charge in [-0.2, -0.15) is 0 Å². The number of urea groups is 1. The number of carbonyl (C=O) groups is 1. The fourth-order valence-electron chi connectivity index (χ4n) is 5.44. The molecular weight excluding hydrogens is 393 g/mol. The second-order valence-corrected chi connectivity index (χ2v) is 9.13. The Morgan fingerprint density at radius 1 is 1.03 bits per heavy atom. The number of rotatable bonds is 3. The van der Waals surface area contributed by atoms with Crippen LogP contribution in [-0.2, 0) is 12.0 Å². The van der Waals surface area contributed by atoms with Crippen LogP contribution < -0.4 is 9.64 Å². The molecule has 31 heavy (non-hydrogen) atoms. The fraction of sp³-hybridized carbons (Fsp3) is 0.480. The summed E-state index contributed by atoms with van der Waals surface area (Å²) in [7, 11) is 1.70. The lowest BCUT2D eigenvalue weighted by Crippen LogP contribution is -2.48. The minimum Gasteiger partial charge on any atom is -0.497 e. The summed E-state index contributed by atoms with van der Waals surface area (Å²) in [5.41, 5.74) is 3.40. The van der Waals surface area contributed by atoms with Crippen LogP contribution in [0.4, 0.5) is 14.9 Å². The highest BCUT2D eigenvalue weighted by molar-refractivity contribution is 5.95. The summed E-state index contributed by atoms with van der Waals surface area (Å²) in [4.78, 5) is 19.7. The van der Waals surface area contributed by atoms with E-state index < -0.39 is 0 Å². The van der Waals surface area contributed by atoms with Crippen LogP contribution in [0.15, 0.2) is 42.5 Å². The van der Waals surface area contributed by atoms with Crippen LogP contribution in [0, 0.1) is 5.82 Å². The number of carbonyl (C=O) groups excluding carboxylic acids is 1. The Bertz CT molecular complexity index is 948. The molecule has 2 amide bonds. The van der Waals surface area contributed by atoms with Crippen LogP contribution in [0.25, 0.3) is 0 Å². The molecule has 0 unspecified atom stereocenters. The molecule has 0 saturated carbocycles. The number of piperidine rings is 1. The van der Waals surface area contributed by atoms with Crippen molar-refractivity contribution >= 4 is 11.7 Å². The van der Waals surface area contributed by atoms with Crippen molar-refractivity contribution in [3.05, 3.63) is 59.4 Å². The van der Waals surface area contributed by atoms with Crippen LogP contribution in [0.3, 0.4) is 0 Å². The van der Waals surface area contributed by atoms with E-state index in [0.717, 1.165) is 82.0 Å². The molecule has 5 rings (SSSR count). The van der Waals surface area contributed by atoms with Gasteiger partial charge in [0, 0.05) is 37.3 Å². The predicted octanol–water partition coefficient (Wildman–Crippen LogP) is 4.40. The first-order valence-electron chi connectivity index (χ1n) is 11.3. The first-order chi connectivity index (χ1) is 15.1. The molecule has 2 saturated heterocycles. The van der Waals surface area contributed by atoms with Gasteiger partial charge in [-0.3, -0.25) is 9.80 Å². The Balaban J connectivity index is 1.36. The molecule has 0 radical (unpaired) electrons. The lowest BCUT2D eigenvalue weighted by atomic mass is 9.74. The smallest absolute Gasteiger partial charge is 0.324 e. The highest BCUT2D eigenvalue weighted by Crippen LogP contribution is 2.48. The number of fused-ring (bicyclic) bond motifs is 2. The average molecular weight is 424 g/mol. The van der Waals surface area contributed by atoms with E-state index in [1.165, 1.54) is 17.7 Å². The van der Waals surface area contributed by atoms with Gasteiger partial charge in [-0.25, -0.2) is 9.18 Å². The van der Waals surface area contributed by atoms with E-state index in [-0.39, 0.29) is 17.3 Å². The molecule has 0 bridgehead atoms. The van der Waals surface area contributed by atoms with Crippen molar-refractivity contribution in [3.8, 4) is 5.75 Å². The molecule has 2 fully saturated rings. The number of methoxy groups -OCH3 is 1. The number of nitrogens with zero attached hydrogens (tertiary/aromatic N) is 3. The SMILES string of the molecule is COc1ccc2c(c1)C1(CCN(Cc3ccc(F)cc3)CC1)CN2C(=O)N1CCCC1. The minimum absolute atomic E-state index is 0.0292. The van der Waals surface area contributed by atoms with Crippen molar-refractivity contribution in [1.82, 2.24) is 9.80 Å². The maximum atomic E-state index is 13.3. The number of halogens is 1. The van der Waals surface area contributed by atoms with Gasteiger partial charge < -0.3 is 9.64 Å². The second kappa shape index (κ2) is 8.15. The summed E-state index contributed by atoms with van der Waals surface area (Å²) in [6, 6.07) is 13.1. The summed E-state index contributed by atoms with van der Waals surface area (Å²) in [5.74, 6) is 0.656. The van der Waals surface area contributed by atoms with Crippen molar-refractivity contribution < 1.29 is 13.9 Å². The van der Waals surface area contributed by atoms with Crippen LogP contribution >= 0.6 is 0 Å². The third kappa shape index (κ3) is 3.78.